The number of esters is 1. The SMILES string of the molecule is CC(C)C(=O)Nc1ccc(C(=O)N/N=C/c2cc(Cl)ccc2OC(=O)/C=C/c2ccc(Cl)cc2)cc1. The second-order valence-electron chi connectivity index (χ2n) is 7.91. The highest BCUT2D eigenvalue weighted by Gasteiger charge is 2.10. The molecule has 0 aromatic heterocycles. The van der Waals surface area contributed by atoms with E-state index in [0.717, 1.165) is 5.56 Å². The summed E-state index contributed by atoms with van der Waals surface area (Å²) >= 11 is 11.9. The van der Waals surface area contributed by atoms with Crippen molar-refractivity contribution in [1.29, 1.82) is 0 Å². The lowest BCUT2D eigenvalue weighted by Crippen LogP contribution is -2.19. The van der Waals surface area contributed by atoms with Gasteiger partial charge in [0.1, 0.15) is 5.75 Å². The molecular weight excluding hydrogens is 501 g/mol. The van der Waals surface area contributed by atoms with Crippen molar-refractivity contribution in [1.82, 2.24) is 5.43 Å². The smallest absolute Gasteiger partial charge is 0.336 e. The van der Waals surface area contributed by atoms with Gasteiger partial charge in [-0.05, 0) is 66.2 Å². The molecule has 2 amide bonds. The number of carbonyl (C=O) groups is 3. The summed E-state index contributed by atoms with van der Waals surface area (Å²) < 4.78 is 5.40. The highest BCUT2D eigenvalue weighted by molar-refractivity contribution is 6.31. The van der Waals surface area contributed by atoms with Crippen molar-refractivity contribution in [3.63, 3.8) is 0 Å². The molecule has 0 aliphatic rings. The Morgan fingerprint density at radius 1 is 0.917 bits per heavy atom. The molecular formula is C27H23Cl2N3O4. The fourth-order valence-corrected chi connectivity index (χ4v) is 3.12. The summed E-state index contributed by atoms with van der Waals surface area (Å²) in [7, 11) is 0. The van der Waals surface area contributed by atoms with Crippen LogP contribution in [0.15, 0.2) is 77.9 Å². The minimum Gasteiger partial charge on any atom is -0.423 e. The summed E-state index contributed by atoms with van der Waals surface area (Å²) in [6, 6.07) is 18.0. The van der Waals surface area contributed by atoms with Gasteiger partial charge >= 0.3 is 5.97 Å². The van der Waals surface area contributed by atoms with Crippen LogP contribution in [0.5, 0.6) is 5.75 Å². The summed E-state index contributed by atoms with van der Waals surface area (Å²) in [6.07, 6.45) is 4.21. The fourth-order valence-electron chi connectivity index (χ4n) is 2.81. The molecule has 7 nitrogen and oxygen atoms in total. The molecule has 36 heavy (non-hydrogen) atoms. The Labute approximate surface area is 218 Å². The largest absolute Gasteiger partial charge is 0.423 e. The highest BCUT2D eigenvalue weighted by Crippen LogP contribution is 2.22. The third-order valence-corrected chi connectivity index (χ3v) is 5.26. The monoisotopic (exact) mass is 523 g/mol. The van der Waals surface area contributed by atoms with E-state index in [0.29, 0.717) is 26.9 Å². The van der Waals surface area contributed by atoms with E-state index in [9.17, 15) is 14.4 Å². The van der Waals surface area contributed by atoms with Gasteiger partial charge in [0.05, 0.1) is 6.21 Å². The van der Waals surface area contributed by atoms with Crippen LogP contribution in [0.2, 0.25) is 10.0 Å². The molecule has 0 fully saturated rings. The number of ether oxygens (including phenoxy) is 1. The zero-order chi connectivity index (χ0) is 26.1. The van der Waals surface area contributed by atoms with E-state index in [4.69, 9.17) is 27.9 Å². The number of carbonyl (C=O) groups excluding carboxylic acids is 3. The second kappa shape index (κ2) is 12.7. The first-order valence-corrected chi connectivity index (χ1v) is 11.7. The lowest BCUT2D eigenvalue weighted by molar-refractivity contribution is -0.129. The van der Waals surface area contributed by atoms with Crippen molar-refractivity contribution in [2.24, 2.45) is 11.0 Å². The Kier molecular flexibility index (Phi) is 9.39. The fraction of sp³-hybridized carbons (Fsp3) is 0.111. The van der Waals surface area contributed by atoms with Crippen molar-refractivity contribution in [2.75, 3.05) is 5.32 Å². The summed E-state index contributed by atoms with van der Waals surface area (Å²) in [6.45, 7) is 3.58. The van der Waals surface area contributed by atoms with Crippen LogP contribution in [-0.4, -0.2) is 24.0 Å². The first-order valence-electron chi connectivity index (χ1n) is 10.9. The van der Waals surface area contributed by atoms with Crippen LogP contribution in [0.4, 0.5) is 5.69 Å². The lowest BCUT2D eigenvalue weighted by Gasteiger charge is -2.08. The molecule has 3 rings (SSSR count). The van der Waals surface area contributed by atoms with Crippen molar-refractivity contribution in [2.45, 2.75) is 13.8 Å². The van der Waals surface area contributed by atoms with Crippen molar-refractivity contribution >= 4 is 59.0 Å². The number of nitrogens with zero attached hydrogens (tertiary/aromatic N) is 1. The average molecular weight is 524 g/mol. The standard InChI is InChI=1S/C27H23Cl2N3O4/c1-17(2)26(34)31-23-11-6-19(7-12-23)27(35)32-30-16-20-15-22(29)10-13-24(20)36-25(33)14-5-18-3-8-21(28)9-4-18/h3-17H,1-2H3,(H,31,34)(H,32,35)/b14-5+,30-16+. The molecule has 9 heteroatoms. The van der Waals surface area contributed by atoms with Gasteiger partial charge in [-0.1, -0.05) is 49.2 Å². The number of benzene rings is 3. The van der Waals surface area contributed by atoms with Gasteiger partial charge in [0, 0.05) is 38.9 Å². The minimum atomic E-state index is -0.601. The summed E-state index contributed by atoms with van der Waals surface area (Å²) in [5.41, 5.74) is 4.52. The molecule has 0 saturated carbocycles. The Balaban J connectivity index is 1.62. The molecule has 3 aromatic rings. The number of hydrazone groups is 1. The van der Waals surface area contributed by atoms with Gasteiger partial charge in [-0.2, -0.15) is 5.10 Å². The van der Waals surface area contributed by atoms with Gasteiger partial charge < -0.3 is 10.1 Å². The average Bonchev–Trinajstić information content (AvgIpc) is 2.85. The van der Waals surface area contributed by atoms with Gasteiger partial charge in [-0.3, -0.25) is 9.59 Å². The molecule has 0 aliphatic heterocycles. The Hall–Kier alpha value is -3.94. The number of anilines is 1. The van der Waals surface area contributed by atoms with Crippen LogP contribution in [-0.2, 0) is 9.59 Å². The predicted molar refractivity (Wildman–Crippen MR) is 143 cm³/mol. The van der Waals surface area contributed by atoms with E-state index in [1.165, 1.54) is 18.4 Å². The second-order valence-corrected chi connectivity index (χ2v) is 8.78. The van der Waals surface area contributed by atoms with Crippen molar-refractivity contribution in [3.05, 3.63) is 99.5 Å². The first kappa shape index (κ1) is 26.7. The number of halogens is 2. The maximum Gasteiger partial charge on any atom is 0.336 e. The third kappa shape index (κ3) is 8.08. The van der Waals surface area contributed by atoms with Gasteiger partial charge in [-0.25, -0.2) is 10.2 Å². The van der Waals surface area contributed by atoms with E-state index in [1.54, 1.807) is 80.6 Å². The number of amides is 2. The van der Waals surface area contributed by atoms with Gasteiger partial charge in [-0.15, -0.1) is 0 Å². The molecule has 3 aromatic carbocycles. The zero-order valence-corrected chi connectivity index (χ0v) is 21.0. The third-order valence-electron chi connectivity index (χ3n) is 4.77. The van der Waals surface area contributed by atoms with Crippen LogP contribution < -0.4 is 15.5 Å². The molecule has 0 aliphatic carbocycles. The summed E-state index contributed by atoms with van der Waals surface area (Å²) in [4.78, 5) is 36.5. The molecule has 0 spiro atoms. The number of nitrogens with one attached hydrogen (secondary N) is 2. The molecule has 0 atom stereocenters. The number of hydrogen-bond acceptors (Lipinski definition) is 5. The predicted octanol–water partition coefficient (Wildman–Crippen LogP) is 5.97. The van der Waals surface area contributed by atoms with E-state index < -0.39 is 11.9 Å². The summed E-state index contributed by atoms with van der Waals surface area (Å²) in [5, 5.41) is 7.70. The molecule has 0 saturated heterocycles. The molecule has 184 valence electrons. The Morgan fingerprint density at radius 3 is 2.25 bits per heavy atom. The Bertz CT molecular complexity index is 1300. The van der Waals surface area contributed by atoms with E-state index in [-0.39, 0.29) is 17.6 Å². The Morgan fingerprint density at radius 2 is 1.58 bits per heavy atom. The topological polar surface area (TPSA) is 96.9 Å². The van der Waals surface area contributed by atoms with E-state index in [2.05, 4.69) is 15.8 Å². The van der Waals surface area contributed by atoms with Crippen LogP contribution in [0.25, 0.3) is 6.08 Å². The lowest BCUT2D eigenvalue weighted by atomic mass is 10.1. The van der Waals surface area contributed by atoms with Gasteiger partial charge in [0.2, 0.25) is 5.91 Å². The van der Waals surface area contributed by atoms with Crippen molar-refractivity contribution in [3.8, 4) is 5.75 Å². The summed E-state index contributed by atoms with van der Waals surface area (Å²) in [5.74, 6) is -1.11. The number of hydrogen-bond donors (Lipinski definition) is 2. The maximum absolute atomic E-state index is 12.4. The normalized spacial score (nSPS) is 11.1. The zero-order valence-electron chi connectivity index (χ0n) is 19.5. The van der Waals surface area contributed by atoms with E-state index in [1.807, 2.05) is 0 Å². The maximum atomic E-state index is 12.4. The van der Waals surface area contributed by atoms with Gasteiger partial charge in [0.25, 0.3) is 5.91 Å². The molecule has 0 bridgehead atoms. The minimum absolute atomic E-state index is 0.115. The van der Waals surface area contributed by atoms with E-state index >= 15 is 0 Å². The quantitative estimate of drug-likeness (QED) is 0.125. The van der Waals surface area contributed by atoms with Gasteiger partial charge in [0.15, 0.2) is 0 Å². The van der Waals surface area contributed by atoms with Crippen LogP contribution >= 0.6 is 23.2 Å². The molecule has 0 heterocycles. The van der Waals surface area contributed by atoms with Crippen molar-refractivity contribution < 1.29 is 19.1 Å². The van der Waals surface area contributed by atoms with Crippen LogP contribution in [0, 0.1) is 5.92 Å². The highest BCUT2D eigenvalue weighted by atomic mass is 35.5. The molecule has 0 radical (unpaired) electrons. The van der Waals surface area contributed by atoms with Crippen LogP contribution in [0.3, 0.4) is 0 Å². The molecule has 0 unspecified atom stereocenters. The molecule has 2 N–H and O–H groups in total. The van der Waals surface area contributed by atoms with Crippen LogP contribution in [0.1, 0.15) is 35.3 Å². The number of rotatable bonds is 8. The first-order chi connectivity index (χ1) is 17.2.